The van der Waals surface area contributed by atoms with Gasteiger partial charge in [-0.05, 0) is 73.0 Å². The quantitative estimate of drug-likeness (QED) is 0.329. The van der Waals surface area contributed by atoms with Crippen LogP contribution in [0.4, 0.5) is 22.7 Å². The van der Waals surface area contributed by atoms with Crippen LogP contribution >= 0.6 is 0 Å². The Morgan fingerprint density at radius 1 is 0.882 bits per heavy atom. The molecule has 0 saturated heterocycles. The van der Waals surface area contributed by atoms with Crippen molar-refractivity contribution in [3.8, 4) is 0 Å². The van der Waals surface area contributed by atoms with E-state index < -0.39 is 16.7 Å². The second kappa shape index (κ2) is 8.82. The second-order valence-electron chi connectivity index (χ2n) is 8.36. The number of nitro groups is 1. The third kappa shape index (κ3) is 4.13. The zero-order valence-corrected chi connectivity index (χ0v) is 19.3. The molecule has 172 valence electrons. The highest BCUT2D eigenvalue weighted by atomic mass is 16.6. The number of benzene rings is 3. The van der Waals surface area contributed by atoms with Gasteiger partial charge in [0, 0.05) is 37.6 Å². The Balaban J connectivity index is 1.81. The first-order valence-corrected chi connectivity index (χ1v) is 10.7. The molecule has 0 atom stereocenters. The van der Waals surface area contributed by atoms with E-state index in [1.807, 2.05) is 69.2 Å². The van der Waals surface area contributed by atoms with Crippen LogP contribution in [0, 0.1) is 24.0 Å². The van der Waals surface area contributed by atoms with E-state index in [4.69, 9.17) is 0 Å². The molecular formula is C26H24N4O4. The van der Waals surface area contributed by atoms with E-state index in [0.717, 1.165) is 21.7 Å². The Bertz CT molecular complexity index is 1330. The molecule has 0 fully saturated rings. The normalized spacial score (nSPS) is 13.5. The minimum Gasteiger partial charge on any atom is -0.378 e. The first kappa shape index (κ1) is 22.7. The van der Waals surface area contributed by atoms with Gasteiger partial charge in [0.1, 0.15) is 5.70 Å². The highest BCUT2D eigenvalue weighted by Gasteiger charge is 2.41. The van der Waals surface area contributed by atoms with Crippen LogP contribution in [0.3, 0.4) is 0 Å². The minimum atomic E-state index is -0.506. The van der Waals surface area contributed by atoms with E-state index >= 15 is 0 Å². The monoisotopic (exact) mass is 456 g/mol. The van der Waals surface area contributed by atoms with Crippen LogP contribution in [-0.4, -0.2) is 30.8 Å². The van der Waals surface area contributed by atoms with Gasteiger partial charge < -0.3 is 10.2 Å². The van der Waals surface area contributed by atoms with E-state index in [9.17, 15) is 19.7 Å². The molecule has 4 rings (SSSR count). The summed E-state index contributed by atoms with van der Waals surface area (Å²) in [5.74, 6) is -0.969. The van der Waals surface area contributed by atoms with Crippen molar-refractivity contribution in [2.45, 2.75) is 13.8 Å². The number of hydrogen-bond donors (Lipinski definition) is 1. The Kier molecular flexibility index (Phi) is 5.89. The summed E-state index contributed by atoms with van der Waals surface area (Å²) in [4.78, 5) is 40.9. The number of imide groups is 1. The van der Waals surface area contributed by atoms with Crippen molar-refractivity contribution in [1.29, 1.82) is 0 Å². The number of anilines is 3. The Morgan fingerprint density at radius 3 is 2.12 bits per heavy atom. The van der Waals surface area contributed by atoms with Gasteiger partial charge >= 0.3 is 0 Å². The summed E-state index contributed by atoms with van der Waals surface area (Å²) in [5, 5.41) is 14.2. The average molecular weight is 457 g/mol. The molecule has 1 aliphatic rings. The third-order valence-electron chi connectivity index (χ3n) is 5.71. The highest BCUT2D eigenvalue weighted by Crippen LogP contribution is 2.36. The van der Waals surface area contributed by atoms with Crippen LogP contribution in [0.5, 0.6) is 0 Å². The van der Waals surface area contributed by atoms with Crippen molar-refractivity contribution in [1.82, 2.24) is 0 Å². The summed E-state index contributed by atoms with van der Waals surface area (Å²) in [6.45, 7) is 3.73. The summed E-state index contributed by atoms with van der Waals surface area (Å²) < 4.78 is 0. The molecule has 8 nitrogen and oxygen atoms in total. The van der Waals surface area contributed by atoms with Gasteiger partial charge in [0.15, 0.2) is 0 Å². The van der Waals surface area contributed by atoms with Gasteiger partial charge in [-0.1, -0.05) is 12.1 Å². The summed E-state index contributed by atoms with van der Waals surface area (Å²) in [6, 6.07) is 18.7. The van der Waals surface area contributed by atoms with Gasteiger partial charge in [0.05, 0.1) is 16.2 Å². The molecular weight excluding hydrogens is 432 g/mol. The van der Waals surface area contributed by atoms with Crippen molar-refractivity contribution in [2.75, 3.05) is 29.2 Å². The zero-order chi connectivity index (χ0) is 24.6. The van der Waals surface area contributed by atoms with Gasteiger partial charge in [-0.3, -0.25) is 19.7 Å². The number of nitrogens with one attached hydrogen (secondary N) is 1. The number of non-ortho nitro benzene ring substituents is 1. The van der Waals surface area contributed by atoms with Crippen LogP contribution in [0.15, 0.2) is 72.4 Å². The van der Waals surface area contributed by atoms with Gasteiger partial charge in [-0.15, -0.1) is 0 Å². The number of nitrogens with zero attached hydrogens (tertiary/aromatic N) is 3. The lowest BCUT2D eigenvalue weighted by atomic mass is 10.0. The maximum Gasteiger partial charge on any atom is 0.282 e. The van der Waals surface area contributed by atoms with E-state index in [0.29, 0.717) is 16.9 Å². The molecule has 0 radical (unpaired) electrons. The Labute approximate surface area is 197 Å². The maximum absolute atomic E-state index is 13.6. The molecule has 34 heavy (non-hydrogen) atoms. The van der Waals surface area contributed by atoms with Gasteiger partial charge in [-0.25, -0.2) is 4.90 Å². The molecule has 8 heteroatoms. The van der Waals surface area contributed by atoms with E-state index in [2.05, 4.69) is 5.32 Å². The topological polar surface area (TPSA) is 95.8 Å². The van der Waals surface area contributed by atoms with Gasteiger partial charge in [-0.2, -0.15) is 0 Å². The molecule has 0 aromatic heterocycles. The standard InChI is InChI=1S/C26H24N4O4/c1-16-5-6-17(2)22(15-16)29-25(31)23(18-7-11-21(12-8-18)30(33)34)24(26(29)32)27-19-9-13-20(14-10-19)28(3)4/h5-15,27H,1-4H3. The molecule has 1 aliphatic heterocycles. The lowest BCUT2D eigenvalue weighted by molar-refractivity contribution is -0.384. The molecule has 0 unspecified atom stereocenters. The van der Waals surface area contributed by atoms with E-state index in [1.54, 1.807) is 6.07 Å². The molecule has 0 spiro atoms. The summed E-state index contributed by atoms with van der Waals surface area (Å²) >= 11 is 0. The fourth-order valence-corrected chi connectivity index (χ4v) is 3.83. The number of rotatable bonds is 6. The van der Waals surface area contributed by atoms with Crippen molar-refractivity contribution in [3.05, 3.63) is 99.2 Å². The minimum absolute atomic E-state index is 0.0960. The number of nitro benzene ring substituents is 1. The molecule has 0 saturated carbocycles. The molecule has 0 bridgehead atoms. The van der Waals surface area contributed by atoms with Gasteiger partial charge in [0.2, 0.25) is 0 Å². The first-order valence-electron chi connectivity index (χ1n) is 10.7. The van der Waals surface area contributed by atoms with Crippen LogP contribution in [-0.2, 0) is 9.59 Å². The SMILES string of the molecule is Cc1ccc(C)c(N2C(=O)C(Nc3ccc(N(C)C)cc3)=C(c3ccc([N+](=O)[O-])cc3)C2=O)c1. The molecule has 2 amide bonds. The zero-order valence-electron chi connectivity index (χ0n) is 19.3. The van der Waals surface area contributed by atoms with E-state index in [1.165, 1.54) is 24.3 Å². The lowest BCUT2D eigenvalue weighted by Gasteiger charge is -2.18. The number of amides is 2. The lowest BCUT2D eigenvalue weighted by Crippen LogP contribution is -2.33. The predicted octanol–water partition coefficient (Wildman–Crippen LogP) is 4.67. The molecule has 3 aromatic rings. The number of hydrogen-bond acceptors (Lipinski definition) is 6. The largest absolute Gasteiger partial charge is 0.378 e. The van der Waals surface area contributed by atoms with Crippen LogP contribution < -0.4 is 15.1 Å². The highest BCUT2D eigenvalue weighted by molar-refractivity contribution is 6.46. The fraction of sp³-hybridized carbons (Fsp3) is 0.154. The van der Waals surface area contributed by atoms with Crippen LogP contribution in [0.2, 0.25) is 0 Å². The Hall–Kier alpha value is -4.46. The van der Waals surface area contributed by atoms with E-state index in [-0.39, 0.29) is 17.0 Å². The second-order valence-corrected chi connectivity index (χ2v) is 8.36. The predicted molar refractivity (Wildman–Crippen MR) is 133 cm³/mol. The number of carbonyl (C=O) groups is 2. The smallest absolute Gasteiger partial charge is 0.282 e. The summed E-state index contributed by atoms with van der Waals surface area (Å²) in [7, 11) is 3.86. The molecule has 1 heterocycles. The third-order valence-corrected chi connectivity index (χ3v) is 5.71. The van der Waals surface area contributed by atoms with Crippen LogP contribution in [0.1, 0.15) is 16.7 Å². The van der Waals surface area contributed by atoms with Gasteiger partial charge in [0.25, 0.3) is 17.5 Å². The van der Waals surface area contributed by atoms with Crippen molar-refractivity contribution >= 4 is 40.1 Å². The van der Waals surface area contributed by atoms with Crippen molar-refractivity contribution in [3.63, 3.8) is 0 Å². The number of carbonyl (C=O) groups excluding carboxylic acids is 2. The average Bonchev–Trinajstić information content (AvgIpc) is 3.05. The fourth-order valence-electron chi connectivity index (χ4n) is 3.83. The van der Waals surface area contributed by atoms with Crippen LogP contribution in [0.25, 0.3) is 5.57 Å². The molecule has 0 aliphatic carbocycles. The van der Waals surface area contributed by atoms with Crippen molar-refractivity contribution in [2.24, 2.45) is 0 Å². The molecule has 3 aromatic carbocycles. The first-order chi connectivity index (χ1) is 16.2. The van der Waals surface area contributed by atoms with Crippen molar-refractivity contribution < 1.29 is 14.5 Å². The summed E-state index contributed by atoms with van der Waals surface area (Å²) in [6.07, 6.45) is 0. The Morgan fingerprint density at radius 2 is 1.53 bits per heavy atom. The summed E-state index contributed by atoms with van der Waals surface area (Å²) in [5.41, 5.74) is 4.45. The number of aryl methyl sites for hydroxylation is 2. The maximum atomic E-state index is 13.6. The molecule has 1 N–H and O–H groups in total.